The van der Waals surface area contributed by atoms with Crippen molar-refractivity contribution in [2.45, 2.75) is 41.5 Å². The molecule has 0 aliphatic carbocycles. The van der Waals surface area contributed by atoms with Crippen LogP contribution in [0.3, 0.4) is 0 Å². The maximum atomic E-state index is 11.0. The quantitative estimate of drug-likeness (QED) is 0.407. The van der Waals surface area contributed by atoms with Gasteiger partial charge in [-0.15, -0.1) is 0 Å². The molecule has 0 heterocycles. The number of carbonyl (C=O) groups is 3. The molecule has 2 N–H and O–H groups in total. The molecule has 0 aromatic heterocycles. The van der Waals surface area contributed by atoms with Gasteiger partial charge in [0.05, 0.1) is 0 Å². The molecule has 128 valence electrons. The standard InChI is InChI=1S/3C5H8O2.In.H2O/c3*1-4(6)3-5(2)7;;/h3*3,6H,1-2H3;;1H2/q;;;+3;/p-3/b3*4-3+;;. The predicted molar refractivity (Wildman–Crippen MR) is 85.9 cm³/mol. The summed E-state index contributed by atoms with van der Waals surface area (Å²) in [4.78, 5) is 33.1. The third kappa shape index (κ3) is 13.8. The third-order valence-corrected chi connectivity index (χ3v) is 6.90. The average Bonchev–Trinajstić information content (AvgIpc) is 2.23. The summed E-state index contributed by atoms with van der Waals surface area (Å²) < 4.78 is 16.7. The van der Waals surface area contributed by atoms with Gasteiger partial charge in [0.25, 0.3) is 0 Å². The Morgan fingerprint density at radius 2 is 0.826 bits per heavy atom. The van der Waals surface area contributed by atoms with Gasteiger partial charge >= 0.3 is 140 Å². The Balaban J connectivity index is 0. The molecular weight excluding hydrogens is 407 g/mol. The Morgan fingerprint density at radius 1 is 0.609 bits per heavy atom. The van der Waals surface area contributed by atoms with Gasteiger partial charge in [-0.1, -0.05) is 0 Å². The summed E-state index contributed by atoms with van der Waals surface area (Å²) in [5.41, 5.74) is 0. The van der Waals surface area contributed by atoms with Crippen molar-refractivity contribution < 1.29 is 28.4 Å². The molecule has 0 amide bonds. The van der Waals surface area contributed by atoms with Crippen LogP contribution in [0, 0.1) is 0 Å². The fourth-order valence-corrected chi connectivity index (χ4v) is 5.08. The van der Waals surface area contributed by atoms with Gasteiger partial charge in [0.1, 0.15) is 0 Å². The van der Waals surface area contributed by atoms with Gasteiger partial charge in [0.15, 0.2) is 0 Å². The Hall–Kier alpha value is -1.54. The van der Waals surface area contributed by atoms with E-state index < -0.39 is 22.7 Å². The SMILES string of the molecule is CC(=O)/C=C(\C)[O][In]([O]/C(C)=C/C(C)=O)[O]/C(C)=C/C(C)=O.O. The zero-order valence-electron chi connectivity index (χ0n) is 14.3. The van der Waals surface area contributed by atoms with E-state index in [4.69, 9.17) is 8.56 Å². The zero-order chi connectivity index (χ0) is 17.3. The number of ketones is 3. The summed E-state index contributed by atoms with van der Waals surface area (Å²) in [6.45, 7) is 9.06. The van der Waals surface area contributed by atoms with Crippen LogP contribution in [0.4, 0.5) is 0 Å². The van der Waals surface area contributed by atoms with E-state index >= 15 is 0 Å². The van der Waals surface area contributed by atoms with Crippen molar-refractivity contribution in [1.29, 1.82) is 0 Å². The largest absolute Gasteiger partial charge is 0.412 e. The second kappa shape index (κ2) is 12.0. The summed E-state index contributed by atoms with van der Waals surface area (Å²) >= 11 is -3.53. The number of hydrogen-bond donors (Lipinski definition) is 0. The minimum absolute atomic E-state index is 0. The number of allylic oxidation sites excluding steroid dienone is 6. The fraction of sp³-hybridized carbons (Fsp3) is 0.400. The molecule has 8 heteroatoms. The number of rotatable bonds is 9. The third-order valence-electron chi connectivity index (χ3n) is 2.07. The molecule has 0 saturated heterocycles. The van der Waals surface area contributed by atoms with Crippen LogP contribution in [0.15, 0.2) is 35.5 Å². The second-order valence-corrected chi connectivity index (χ2v) is 8.41. The Kier molecular flexibility index (Phi) is 12.3. The van der Waals surface area contributed by atoms with Crippen molar-refractivity contribution in [2.24, 2.45) is 0 Å². The van der Waals surface area contributed by atoms with Crippen LogP contribution in [0.1, 0.15) is 41.5 Å². The summed E-state index contributed by atoms with van der Waals surface area (Å²) in [6, 6.07) is 0. The molecule has 23 heavy (non-hydrogen) atoms. The van der Waals surface area contributed by atoms with E-state index in [9.17, 15) is 14.4 Å². The van der Waals surface area contributed by atoms with Gasteiger partial charge in [0.2, 0.25) is 0 Å². The zero-order valence-corrected chi connectivity index (χ0v) is 17.6. The topological polar surface area (TPSA) is 110 Å². The minimum Gasteiger partial charge on any atom is -0.412 e. The van der Waals surface area contributed by atoms with Gasteiger partial charge in [-0.05, 0) is 0 Å². The molecule has 0 radical (unpaired) electrons. The van der Waals surface area contributed by atoms with Crippen molar-refractivity contribution in [2.75, 3.05) is 0 Å². The summed E-state index contributed by atoms with van der Waals surface area (Å²) in [5.74, 6) is 0.650. The molecule has 0 spiro atoms. The van der Waals surface area contributed by atoms with E-state index in [-0.39, 0.29) is 22.8 Å². The smallest absolute Gasteiger partial charge is 0.412 e. The van der Waals surface area contributed by atoms with Crippen LogP contribution in [0.5, 0.6) is 0 Å². The Labute approximate surface area is 145 Å². The van der Waals surface area contributed by atoms with E-state index in [1.165, 1.54) is 39.0 Å². The van der Waals surface area contributed by atoms with Gasteiger partial charge in [-0.2, -0.15) is 0 Å². The van der Waals surface area contributed by atoms with Crippen molar-refractivity contribution in [1.82, 2.24) is 0 Å². The molecular formula is C15H23InO7. The molecule has 7 nitrogen and oxygen atoms in total. The maximum Gasteiger partial charge on any atom is -0.412 e. The minimum atomic E-state index is -3.53. The van der Waals surface area contributed by atoms with Crippen molar-refractivity contribution in [3.8, 4) is 0 Å². The van der Waals surface area contributed by atoms with E-state index in [1.807, 2.05) is 0 Å². The maximum absolute atomic E-state index is 11.0. The van der Waals surface area contributed by atoms with Crippen LogP contribution >= 0.6 is 0 Å². The molecule has 0 bridgehead atoms. The monoisotopic (exact) mass is 430 g/mol. The molecule has 0 fully saturated rings. The Morgan fingerprint density at radius 3 is 1.00 bits per heavy atom. The van der Waals surface area contributed by atoms with E-state index in [0.29, 0.717) is 17.3 Å². The normalized spacial score (nSPS) is 12.0. The van der Waals surface area contributed by atoms with Crippen LogP contribution < -0.4 is 0 Å². The summed E-state index contributed by atoms with van der Waals surface area (Å²) in [6.07, 6.45) is 3.97. The molecule has 0 atom stereocenters. The first-order chi connectivity index (χ1) is 10.1. The molecule has 0 aliphatic rings. The number of carbonyl (C=O) groups excluding carboxylic acids is 3. The summed E-state index contributed by atoms with van der Waals surface area (Å²) in [5, 5.41) is 0. The predicted octanol–water partition coefficient (Wildman–Crippen LogP) is 1.67. The van der Waals surface area contributed by atoms with Gasteiger partial charge in [-0.3, -0.25) is 0 Å². The van der Waals surface area contributed by atoms with E-state index in [2.05, 4.69) is 0 Å². The molecule has 0 saturated carbocycles. The van der Waals surface area contributed by atoms with Crippen LogP contribution in [-0.2, 0) is 22.9 Å². The first-order valence-electron chi connectivity index (χ1n) is 6.66. The van der Waals surface area contributed by atoms with Gasteiger partial charge < -0.3 is 5.48 Å². The van der Waals surface area contributed by atoms with Gasteiger partial charge in [-0.25, -0.2) is 0 Å². The van der Waals surface area contributed by atoms with Crippen molar-refractivity contribution in [3.05, 3.63) is 35.5 Å². The van der Waals surface area contributed by atoms with Crippen LogP contribution in [-0.4, -0.2) is 45.6 Å². The van der Waals surface area contributed by atoms with Crippen molar-refractivity contribution >= 4 is 40.1 Å². The van der Waals surface area contributed by atoms with Crippen LogP contribution in [0.2, 0.25) is 0 Å². The molecule has 0 aromatic carbocycles. The van der Waals surface area contributed by atoms with Crippen molar-refractivity contribution in [3.63, 3.8) is 0 Å². The van der Waals surface area contributed by atoms with Gasteiger partial charge in [0, 0.05) is 0 Å². The molecule has 0 unspecified atom stereocenters. The molecule has 0 rings (SSSR count). The van der Waals surface area contributed by atoms with Crippen LogP contribution in [0.25, 0.3) is 0 Å². The molecule has 0 aromatic rings. The first kappa shape index (κ1) is 23.7. The average molecular weight is 430 g/mol. The number of hydrogen-bond acceptors (Lipinski definition) is 6. The van der Waals surface area contributed by atoms with E-state index in [0.717, 1.165) is 0 Å². The second-order valence-electron chi connectivity index (χ2n) is 4.74. The summed E-state index contributed by atoms with van der Waals surface area (Å²) in [7, 11) is 0. The molecule has 0 aliphatic heterocycles. The first-order valence-corrected chi connectivity index (χ1v) is 10.7. The Bertz CT molecular complexity index is 456. The van der Waals surface area contributed by atoms with E-state index in [1.54, 1.807) is 20.8 Å². The fourth-order valence-electron chi connectivity index (χ4n) is 1.49.